The van der Waals surface area contributed by atoms with Crippen LogP contribution >= 0.6 is 0 Å². The van der Waals surface area contributed by atoms with Gasteiger partial charge in [0.05, 0.1) is 11.3 Å². The fourth-order valence-corrected chi connectivity index (χ4v) is 2.63. The fourth-order valence-electron chi connectivity index (χ4n) is 2.63. The van der Waals surface area contributed by atoms with Crippen LogP contribution in [0.4, 0.5) is 11.4 Å². The first-order valence-corrected chi connectivity index (χ1v) is 8.57. The van der Waals surface area contributed by atoms with Crippen molar-refractivity contribution in [3.05, 3.63) is 90.3 Å². The zero-order chi connectivity index (χ0) is 19.9. The molecule has 140 valence electrons. The Morgan fingerprint density at radius 1 is 0.857 bits per heavy atom. The summed E-state index contributed by atoms with van der Waals surface area (Å²) >= 11 is 0. The van der Waals surface area contributed by atoms with Crippen LogP contribution < -0.4 is 20.9 Å². The van der Waals surface area contributed by atoms with Crippen molar-refractivity contribution in [3.63, 3.8) is 0 Å². The molecule has 0 aliphatic carbocycles. The molecule has 3 amide bonds. The zero-order valence-electron chi connectivity index (χ0n) is 15.0. The molecule has 28 heavy (non-hydrogen) atoms. The topological polar surface area (TPSA) is 105 Å². The molecular weight excluding hydrogens is 356 g/mol. The molecule has 7 heteroatoms. The average Bonchev–Trinajstić information content (AvgIpc) is 2.69. The van der Waals surface area contributed by atoms with Gasteiger partial charge in [-0.05, 0) is 30.3 Å². The highest BCUT2D eigenvalue weighted by Crippen LogP contribution is 2.17. The second-order valence-corrected chi connectivity index (χ2v) is 6.04. The van der Waals surface area contributed by atoms with Gasteiger partial charge in [-0.15, -0.1) is 0 Å². The highest BCUT2D eigenvalue weighted by atomic mass is 16.2. The van der Waals surface area contributed by atoms with Gasteiger partial charge in [-0.2, -0.15) is 4.57 Å². The van der Waals surface area contributed by atoms with E-state index in [9.17, 15) is 14.4 Å². The molecule has 4 N–H and O–H groups in total. The van der Waals surface area contributed by atoms with Gasteiger partial charge in [-0.3, -0.25) is 14.4 Å². The van der Waals surface area contributed by atoms with Gasteiger partial charge in [0.2, 0.25) is 6.54 Å². The van der Waals surface area contributed by atoms with Crippen molar-refractivity contribution in [1.82, 2.24) is 0 Å². The summed E-state index contributed by atoms with van der Waals surface area (Å²) < 4.78 is 1.54. The predicted octanol–water partition coefficient (Wildman–Crippen LogP) is 1.96. The third-order valence-corrected chi connectivity index (χ3v) is 3.95. The maximum absolute atomic E-state index is 12.6. The van der Waals surface area contributed by atoms with Gasteiger partial charge in [0, 0.05) is 11.8 Å². The lowest BCUT2D eigenvalue weighted by Gasteiger charge is -2.10. The molecule has 2 aromatic carbocycles. The molecule has 0 bridgehead atoms. The smallest absolute Gasteiger partial charge is 0.290 e. The SMILES string of the molecule is NC(=O)c1ccc[n+](CC(=O)Nc2ccccc2C(=O)Nc2ccccc2)c1. The summed E-state index contributed by atoms with van der Waals surface area (Å²) in [6.07, 6.45) is 3.15. The zero-order valence-corrected chi connectivity index (χ0v) is 15.0. The number of hydrogen-bond donors (Lipinski definition) is 3. The number of para-hydroxylation sites is 2. The maximum Gasteiger partial charge on any atom is 0.290 e. The lowest BCUT2D eigenvalue weighted by Crippen LogP contribution is -2.40. The van der Waals surface area contributed by atoms with Crippen LogP contribution in [0.25, 0.3) is 0 Å². The lowest BCUT2D eigenvalue weighted by atomic mass is 10.1. The van der Waals surface area contributed by atoms with Crippen LogP contribution in [-0.2, 0) is 11.3 Å². The largest absolute Gasteiger partial charge is 0.365 e. The maximum atomic E-state index is 12.6. The molecule has 0 spiro atoms. The number of carbonyl (C=O) groups is 3. The second kappa shape index (κ2) is 8.59. The van der Waals surface area contributed by atoms with Crippen LogP contribution in [0.15, 0.2) is 79.1 Å². The first-order chi connectivity index (χ1) is 13.5. The molecule has 1 heterocycles. The molecule has 0 atom stereocenters. The van der Waals surface area contributed by atoms with Crippen LogP contribution in [0.5, 0.6) is 0 Å². The minimum atomic E-state index is -0.572. The molecule has 0 unspecified atom stereocenters. The Morgan fingerprint density at radius 2 is 1.57 bits per heavy atom. The van der Waals surface area contributed by atoms with E-state index in [1.807, 2.05) is 18.2 Å². The predicted molar refractivity (Wildman–Crippen MR) is 105 cm³/mol. The van der Waals surface area contributed by atoms with Crippen molar-refractivity contribution in [2.75, 3.05) is 10.6 Å². The van der Waals surface area contributed by atoms with Crippen LogP contribution in [0.2, 0.25) is 0 Å². The van der Waals surface area contributed by atoms with Crippen LogP contribution in [0.1, 0.15) is 20.7 Å². The average molecular weight is 375 g/mol. The minimum Gasteiger partial charge on any atom is -0.365 e. The third kappa shape index (κ3) is 4.79. The number of nitrogens with one attached hydrogen (secondary N) is 2. The van der Waals surface area contributed by atoms with E-state index < -0.39 is 5.91 Å². The number of hydrogen-bond acceptors (Lipinski definition) is 3. The van der Waals surface area contributed by atoms with E-state index in [1.54, 1.807) is 59.3 Å². The number of nitrogens with zero attached hydrogens (tertiary/aromatic N) is 1. The summed E-state index contributed by atoms with van der Waals surface area (Å²) in [5.41, 5.74) is 6.96. The molecule has 7 nitrogen and oxygen atoms in total. The van der Waals surface area contributed by atoms with Crippen LogP contribution in [0, 0.1) is 0 Å². The number of pyridine rings is 1. The van der Waals surface area contributed by atoms with E-state index in [2.05, 4.69) is 10.6 Å². The number of aromatic nitrogens is 1. The monoisotopic (exact) mass is 375 g/mol. The Kier molecular flexibility index (Phi) is 5.76. The number of benzene rings is 2. The summed E-state index contributed by atoms with van der Waals surface area (Å²) in [6, 6.07) is 19.0. The summed E-state index contributed by atoms with van der Waals surface area (Å²) in [4.78, 5) is 36.3. The van der Waals surface area contributed by atoms with Gasteiger partial charge in [-0.25, -0.2) is 0 Å². The fraction of sp³-hybridized carbons (Fsp3) is 0.0476. The van der Waals surface area contributed by atoms with E-state index in [0.29, 0.717) is 22.5 Å². The van der Waals surface area contributed by atoms with Crippen molar-refractivity contribution >= 4 is 29.1 Å². The second-order valence-electron chi connectivity index (χ2n) is 6.04. The van der Waals surface area contributed by atoms with Crippen LogP contribution in [-0.4, -0.2) is 17.7 Å². The highest BCUT2D eigenvalue weighted by Gasteiger charge is 2.16. The first kappa shape index (κ1) is 18.8. The van der Waals surface area contributed by atoms with Crippen molar-refractivity contribution < 1.29 is 19.0 Å². The highest BCUT2D eigenvalue weighted by molar-refractivity contribution is 6.10. The number of primary amides is 1. The Bertz CT molecular complexity index is 1020. The van der Waals surface area contributed by atoms with E-state index in [4.69, 9.17) is 5.73 Å². The number of nitrogens with two attached hydrogens (primary N) is 1. The standard InChI is InChI=1S/C21H18N4O3/c22-20(27)15-7-6-12-25(13-15)14-19(26)24-18-11-5-4-10-17(18)21(28)23-16-8-2-1-3-9-16/h1-13H,14H2,(H3-,22,23,24,26,27,28)/p+1. The molecule has 0 aliphatic rings. The van der Waals surface area contributed by atoms with Gasteiger partial charge < -0.3 is 16.4 Å². The summed E-state index contributed by atoms with van der Waals surface area (Å²) in [6.45, 7) is -0.0320. The molecule has 0 saturated carbocycles. The van der Waals surface area contributed by atoms with E-state index in [0.717, 1.165) is 0 Å². The number of rotatable bonds is 6. The summed E-state index contributed by atoms with van der Waals surface area (Å²) in [7, 11) is 0. The molecule has 0 saturated heterocycles. The molecule has 0 fully saturated rings. The van der Waals surface area contributed by atoms with Crippen LogP contribution in [0.3, 0.4) is 0 Å². The Balaban J connectivity index is 1.72. The van der Waals surface area contributed by atoms with Gasteiger partial charge in [0.15, 0.2) is 12.4 Å². The normalized spacial score (nSPS) is 10.1. The van der Waals surface area contributed by atoms with Crippen molar-refractivity contribution in [2.24, 2.45) is 5.73 Å². The van der Waals surface area contributed by atoms with Gasteiger partial charge in [0.25, 0.3) is 17.7 Å². The van der Waals surface area contributed by atoms with Crippen molar-refractivity contribution in [2.45, 2.75) is 6.54 Å². The van der Waals surface area contributed by atoms with E-state index >= 15 is 0 Å². The first-order valence-electron chi connectivity index (χ1n) is 8.57. The third-order valence-electron chi connectivity index (χ3n) is 3.95. The van der Waals surface area contributed by atoms with E-state index in [1.165, 1.54) is 6.20 Å². The van der Waals surface area contributed by atoms with Gasteiger partial charge in [0.1, 0.15) is 5.56 Å². The summed E-state index contributed by atoms with van der Waals surface area (Å²) in [5.74, 6) is -1.24. The van der Waals surface area contributed by atoms with Crippen molar-refractivity contribution in [3.8, 4) is 0 Å². The lowest BCUT2D eigenvalue weighted by molar-refractivity contribution is -0.684. The quantitative estimate of drug-likeness (QED) is 0.574. The molecule has 3 aromatic rings. The Morgan fingerprint density at radius 3 is 2.32 bits per heavy atom. The van der Waals surface area contributed by atoms with Crippen molar-refractivity contribution in [1.29, 1.82) is 0 Å². The molecule has 1 aromatic heterocycles. The minimum absolute atomic E-state index is 0.0320. The number of carbonyl (C=O) groups excluding carboxylic acids is 3. The van der Waals surface area contributed by atoms with Gasteiger partial charge >= 0.3 is 0 Å². The van der Waals surface area contributed by atoms with E-state index in [-0.39, 0.29) is 18.4 Å². The number of amides is 3. The molecule has 3 rings (SSSR count). The number of anilines is 2. The summed E-state index contributed by atoms with van der Waals surface area (Å²) in [5, 5.41) is 5.53. The molecule has 0 aliphatic heterocycles. The van der Waals surface area contributed by atoms with Gasteiger partial charge in [-0.1, -0.05) is 30.3 Å². The Hall–Kier alpha value is -4.00. The molecule has 0 radical (unpaired) electrons. The molecular formula is C21H19N4O3+. The Labute approximate surface area is 161 Å².